The second kappa shape index (κ2) is 9.27. The Morgan fingerprint density at radius 1 is 1.00 bits per heavy atom. The Morgan fingerprint density at radius 3 is 2.69 bits per heavy atom. The van der Waals surface area contributed by atoms with Crippen LogP contribution in [0.4, 0.5) is 5.69 Å². The van der Waals surface area contributed by atoms with Gasteiger partial charge in [-0.1, -0.05) is 23.7 Å². The molecule has 29 heavy (non-hydrogen) atoms. The van der Waals surface area contributed by atoms with Crippen molar-refractivity contribution < 1.29 is 0 Å². The molecule has 146 valence electrons. The van der Waals surface area contributed by atoms with E-state index in [1.54, 1.807) is 18.6 Å². The topological polar surface area (TPSA) is 91.4 Å². The number of halogens is 1. The lowest BCUT2D eigenvalue weighted by atomic mass is 10.2. The second-order valence-electron chi connectivity index (χ2n) is 6.44. The van der Waals surface area contributed by atoms with Gasteiger partial charge in [0.2, 0.25) is 0 Å². The molecule has 3 aromatic heterocycles. The average molecular weight is 406 g/mol. The molecule has 0 radical (unpaired) electrons. The van der Waals surface area contributed by atoms with Gasteiger partial charge >= 0.3 is 0 Å². The standard InChI is InChI=1S/C21H20ClN7/c22-16-4-3-6-17(12-16)26-19(14-24-13-18-5-1-2-9-25-18)21-27-20(28-29-21)15-7-10-23-11-8-15/h1-12,19,24,26H,13-14H2,(H,27,28,29). The van der Waals surface area contributed by atoms with Crippen LogP contribution in [0, 0.1) is 0 Å². The Labute approximate surface area is 173 Å². The highest BCUT2D eigenvalue weighted by Gasteiger charge is 2.17. The summed E-state index contributed by atoms with van der Waals surface area (Å²) in [4.78, 5) is 13.1. The minimum absolute atomic E-state index is 0.139. The first-order valence-corrected chi connectivity index (χ1v) is 9.61. The van der Waals surface area contributed by atoms with E-state index in [1.165, 1.54) is 0 Å². The van der Waals surface area contributed by atoms with Crippen LogP contribution in [0.5, 0.6) is 0 Å². The molecule has 0 spiro atoms. The molecule has 7 nitrogen and oxygen atoms in total. The monoisotopic (exact) mass is 405 g/mol. The van der Waals surface area contributed by atoms with Crippen molar-refractivity contribution in [2.45, 2.75) is 12.6 Å². The van der Waals surface area contributed by atoms with E-state index in [0.717, 1.165) is 22.8 Å². The fourth-order valence-corrected chi connectivity index (χ4v) is 3.09. The van der Waals surface area contributed by atoms with E-state index < -0.39 is 0 Å². The number of rotatable bonds is 8. The van der Waals surface area contributed by atoms with E-state index in [0.29, 0.717) is 23.9 Å². The van der Waals surface area contributed by atoms with E-state index in [4.69, 9.17) is 11.6 Å². The van der Waals surface area contributed by atoms with Gasteiger partial charge in [-0.15, -0.1) is 0 Å². The molecule has 1 atom stereocenters. The van der Waals surface area contributed by atoms with Crippen LogP contribution >= 0.6 is 11.6 Å². The van der Waals surface area contributed by atoms with Gasteiger partial charge in [0.1, 0.15) is 5.82 Å². The molecule has 0 aliphatic rings. The summed E-state index contributed by atoms with van der Waals surface area (Å²) in [7, 11) is 0. The fraction of sp³-hybridized carbons (Fsp3) is 0.143. The summed E-state index contributed by atoms with van der Waals surface area (Å²) < 4.78 is 0. The largest absolute Gasteiger partial charge is 0.374 e. The van der Waals surface area contributed by atoms with Crippen molar-refractivity contribution in [3.05, 3.63) is 89.7 Å². The molecule has 3 heterocycles. The Morgan fingerprint density at radius 2 is 1.90 bits per heavy atom. The number of hydrogen-bond acceptors (Lipinski definition) is 6. The number of H-pyrrole nitrogens is 1. The van der Waals surface area contributed by atoms with Crippen LogP contribution in [0.3, 0.4) is 0 Å². The molecule has 0 aliphatic carbocycles. The smallest absolute Gasteiger partial charge is 0.181 e. The van der Waals surface area contributed by atoms with Gasteiger partial charge in [-0.05, 0) is 42.5 Å². The molecule has 8 heteroatoms. The Bertz CT molecular complexity index is 1040. The van der Waals surface area contributed by atoms with Gasteiger partial charge in [0.15, 0.2) is 5.82 Å². The number of benzene rings is 1. The summed E-state index contributed by atoms with van der Waals surface area (Å²) in [6.07, 6.45) is 5.24. The number of nitrogens with zero attached hydrogens (tertiary/aromatic N) is 4. The second-order valence-corrected chi connectivity index (χ2v) is 6.88. The molecule has 0 aliphatic heterocycles. The molecule has 3 N–H and O–H groups in total. The summed E-state index contributed by atoms with van der Waals surface area (Å²) in [5, 5.41) is 15.0. The first kappa shape index (κ1) is 19.0. The van der Waals surface area contributed by atoms with E-state index in [9.17, 15) is 0 Å². The summed E-state index contributed by atoms with van der Waals surface area (Å²) in [5.41, 5.74) is 2.79. The highest BCUT2D eigenvalue weighted by molar-refractivity contribution is 6.30. The number of anilines is 1. The first-order valence-electron chi connectivity index (χ1n) is 9.23. The van der Waals surface area contributed by atoms with Crippen LogP contribution in [0.2, 0.25) is 5.02 Å². The van der Waals surface area contributed by atoms with Crippen LogP contribution < -0.4 is 10.6 Å². The quantitative estimate of drug-likeness (QED) is 0.412. The number of nitrogens with one attached hydrogen (secondary N) is 3. The third-order valence-corrected chi connectivity index (χ3v) is 4.55. The average Bonchev–Trinajstić information content (AvgIpc) is 3.25. The first-order chi connectivity index (χ1) is 14.3. The minimum atomic E-state index is -0.139. The Kier molecular flexibility index (Phi) is 6.09. The molecular weight excluding hydrogens is 386 g/mol. The van der Waals surface area contributed by atoms with Crippen molar-refractivity contribution in [2.75, 3.05) is 11.9 Å². The van der Waals surface area contributed by atoms with Crippen molar-refractivity contribution in [2.24, 2.45) is 0 Å². The third kappa shape index (κ3) is 5.16. The maximum Gasteiger partial charge on any atom is 0.181 e. The third-order valence-electron chi connectivity index (χ3n) is 4.32. The predicted octanol–water partition coefficient (Wildman–Crippen LogP) is 3.86. The SMILES string of the molecule is Clc1cccc(NC(CNCc2ccccn2)c2nc(-c3ccncc3)n[nH]2)c1. The number of aromatic nitrogens is 5. The van der Waals surface area contributed by atoms with Crippen LogP contribution in [0.15, 0.2) is 73.2 Å². The lowest BCUT2D eigenvalue weighted by Crippen LogP contribution is -2.27. The van der Waals surface area contributed by atoms with Gasteiger partial charge in [-0.3, -0.25) is 15.1 Å². The predicted molar refractivity (Wildman–Crippen MR) is 113 cm³/mol. The summed E-state index contributed by atoms with van der Waals surface area (Å²) >= 11 is 6.14. The van der Waals surface area contributed by atoms with Crippen molar-refractivity contribution in [1.82, 2.24) is 30.5 Å². The van der Waals surface area contributed by atoms with Gasteiger partial charge in [-0.2, -0.15) is 5.10 Å². The van der Waals surface area contributed by atoms with E-state index in [2.05, 4.69) is 35.8 Å². The molecule has 4 rings (SSSR count). The zero-order valence-corrected chi connectivity index (χ0v) is 16.3. The van der Waals surface area contributed by atoms with Crippen LogP contribution in [0.1, 0.15) is 17.6 Å². The van der Waals surface area contributed by atoms with Gasteiger partial charge in [-0.25, -0.2) is 4.98 Å². The van der Waals surface area contributed by atoms with E-state index >= 15 is 0 Å². The van der Waals surface area contributed by atoms with Crippen molar-refractivity contribution in [3.8, 4) is 11.4 Å². The lowest BCUT2D eigenvalue weighted by molar-refractivity contribution is 0.596. The Hall–Kier alpha value is -3.29. The van der Waals surface area contributed by atoms with Gasteiger partial charge in [0.05, 0.1) is 11.7 Å². The molecule has 0 saturated carbocycles. The van der Waals surface area contributed by atoms with Gasteiger partial charge < -0.3 is 10.6 Å². The summed E-state index contributed by atoms with van der Waals surface area (Å²) in [6, 6.07) is 17.1. The summed E-state index contributed by atoms with van der Waals surface area (Å²) in [5.74, 6) is 1.36. The van der Waals surface area contributed by atoms with Crippen molar-refractivity contribution in [3.63, 3.8) is 0 Å². The Balaban J connectivity index is 1.52. The number of pyridine rings is 2. The fourth-order valence-electron chi connectivity index (χ4n) is 2.90. The zero-order valence-electron chi connectivity index (χ0n) is 15.6. The highest BCUT2D eigenvalue weighted by atomic mass is 35.5. The molecule has 0 saturated heterocycles. The normalized spacial score (nSPS) is 11.9. The van der Waals surface area contributed by atoms with Crippen LogP contribution in [-0.4, -0.2) is 31.7 Å². The van der Waals surface area contributed by atoms with Gasteiger partial charge in [0.25, 0.3) is 0 Å². The molecular formula is C21H20ClN7. The lowest BCUT2D eigenvalue weighted by Gasteiger charge is -2.18. The van der Waals surface area contributed by atoms with Crippen LogP contribution in [-0.2, 0) is 6.54 Å². The molecule has 1 aromatic carbocycles. The number of aromatic amines is 1. The van der Waals surface area contributed by atoms with Gasteiger partial charge in [0, 0.05) is 48.0 Å². The minimum Gasteiger partial charge on any atom is -0.374 e. The maximum absolute atomic E-state index is 6.14. The number of hydrogen-bond donors (Lipinski definition) is 3. The van der Waals surface area contributed by atoms with Crippen molar-refractivity contribution >= 4 is 17.3 Å². The van der Waals surface area contributed by atoms with E-state index in [-0.39, 0.29) is 6.04 Å². The van der Waals surface area contributed by atoms with Crippen molar-refractivity contribution in [1.29, 1.82) is 0 Å². The van der Waals surface area contributed by atoms with E-state index in [1.807, 2.05) is 54.6 Å². The summed E-state index contributed by atoms with van der Waals surface area (Å²) in [6.45, 7) is 1.27. The zero-order chi connectivity index (χ0) is 19.9. The maximum atomic E-state index is 6.14. The highest BCUT2D eigenvalue weighted by Crippen LogP contribution is 2.22. The molecule has 4 aromatic rings. The molecule has 0 amide bonds. The molecule has 1 unspecified atom stereocenters. The molecule has 0 fully saturated rings. The van der Waals surface area contributed by atoms with Crippen LogP contribution in [0.25, 0.3) is 11.4 Å². The molecule has 0 bridgehead atoms.